The quantitative estimate of drug-likeness (QED) is 0.720. The highest BCUT2D eigenvalue weighted by atomic mass is 15.2. The number of anilines is 3. The van der Waals surface area contributed by atoms with E-state index in [0.29, 0.717) is 23.6 Å². The van der Waals surface area contributed by atoms with Crippen molar-refractivity contribution in [2.75, 3.05) is 17.2 Å². The van der Waals surface area contributed by atoms with Gasteiger partial charge in [-0.2, -0.15) is 15.0 Å². The van der Waals surface area contributed by atoms with Crippen molar-refractivity contribution in [3.63, 3.8) is 0 Å². The van der Waals surface area contributed by atoms with Gasteiger partial charge in [-0.25, -0.2) is 0 Å². The molecule has 0 saturated heterocycles. The number of benzene rings is 1. The second-order valence-electron chi connectivity index (χ2n) is 5.81. The minimum atomic E-state index is 0.499. The lowest BCUT2D eigenvalue weighted by atomic mass is 10.2. The van der Waals surface area contributed by atoms with Crippen LogP contribution < -0.4 is 10.6 Å². The molecule has 3 aromatic rings. The van der Waals surface area contributed by atoms with Crippen molar-refractivity contribution < 1.29 is 0 Å². The van der Waals surface area contributed by atoms with Crippen molar-refractivity contribution in [1.82, 2.24) is 19.9 Å². The van der Waals surface area contributed by atoms with E-state index in [1.165, 1.54) is 0 Å². The number of pyridine rings is 1. The van der Waals surface area contributed by atoms with E-state index in [-0.39, 0.29) is 0 Å². The van der Waals surface area contributed by atoms with Crippen LogP contribution in [0.25, 0.3) is 11.4 Å². The molecule has 1 aromatic carbocycles. The van der Waals surface area contributed by atoms with Gasteiger partial charge in [0.15, 0.2) is 5.82 Å². The second kappa shape index (κ2) is 7.50. The van der Waals surface area contributed by atoms with Crippen molar-refractivity contribution in [3.05, 3.63) is 54.9 Å². The summed E-state index contributed by atoms with van der Waals surface area (Å²) in [5.41, 5.74) is 1.83. The van der Waals surface area contributed by atoms with E-state index in [4.69, 9.17) is 0 Å². The van der Waals surface area contributed by atoms with Gasteiger partial charge in [0, 0.05) is 30.2 Å². The molecule has 0 spiro atoms. The van der Waals surface area contributed by atoms with Crippen LogP contribution in [0.5, 0.6) is 0 Å². The molecular formula is C18H20N6. The fraction of sp³-hybridized carbons (Fsp3) is 0.222. The second-order valence-corrected chi connectivity index (χ2v) is 5.81. The molecule has 3 rings (SSSR count). The Labute approximate surface area is 141 Å². The monoisotopic (exact) mass is 320 g/mol. The first-order chi connectivity index (χ1) is 11.7. The fourth-order valence-corrected chi connectivity index (χ4v) is 2.09. The highest BCUT2D eigenvalue weighted by Gasteiger charge is 2.09. The van der Waals surface area contributed by atoms with E-state index in [1.54, 1.807) is 12.4 Å². The van der Waals surface area contributed by atoms with Gasteiger partial charge in [-0.15, -0.1) is 0 Å². The number of hydrogen-bond donors (Lipinski definition) is 2. The van der Waals surface area contributed by atoms with E-state index in [2.05, 4.69) is 44.4 Å². The first-order valence-corrected chi connectivity index (χ1v) is 7.93. The Morgan fingerprint density at radius 3 is 2.29 bits per heavy atom. The normalized spacial score (nSPS) is 10.6. The molecule has 0 radical (unpaired) electrons. The van der Waals surface area contributed by atoms with Gasteiger partial charge in [0.2, 0.25) is 11.9 Å². The zero-order valence-corrected chi connectivity index (χ0v) is 13.8. The number of aromatic nitrogens is 4. The molecule has 6 heteroatoms. The van der Waals surface area contributed by atoms with Gasteiger partial charge in [-0.05, 0) is 18.1 Å². The van der Waals surface area contributed by atoms with Crippen LogP contribution in [-0.2, 0) is 0 Å². The van der Waals surface area contributed by atoms with E-state index in [9.17, 15) is 0 Å². The van der Waals surface area contributed by atoms with E-state index >= 15 is 0 Å². The summed E-state index contributed by atoms with van der Waals surface area (Å²) < 4.78 is 0. The molecule has 0 aliphatic heterocycles. The third-order valence-corrected chi connectivity index (χ3v) is 3.27. The summed E-state index contributed by atoms with van der Waals surface area (Å²) in [4.78, 5) is 17.5. The van der Waals surface area contributed by atoms with Crippen LogP contribution >= 0.6 is 0 Å². The van der Waals surface area contributed by atoms with Crippen LogP contribution in [-0.4, -0.2) is 26.5 Å². The number of hydrogen-bond acceptors (Lipinski definition) is 6. The summed E-state index contributed by atoms with van der Waals surface area (Å²) in [6, 6.07) is 13.6. The van der Waals surface area contributed by atoms with Crippen molar-refractivity contribution in [3.8, 4) is 11.4 Å². The molecule has 2 aromatic heterocycles. The van der Waals surface area contributed by atoms with Crippen LogP contribution in [0.4, 0.5) is 17.6 Å². The summed E-state index contributed by atoms with van der Waals surface area (Å²) in [6.45, 7) is 5.08. The van der Waals surface area contributed by atoms with Crippen LogP contribution in [0.1, 0.15) is 13.8 Å². The van der Waals surface area contributed by atoms with Gasteiger partial charge in [0.1, 0.15) is 0 Å². The van der Waals surface area contributed by atoms with Crippen LogP contribution in [0.3, 0.4) is 0 Å². The van der Waals surface area contributed by atoms with Crippen LogP contribution in [0, 0.1) is 5.92 Å². The van der Waals surface area contributed by atoms with Crippen LogP contribution in [0.15, 0.2) is 54.9 Å². The molecule has 6 nitrogen and oxygen atoms in total. The molecule has 0 atom stereocenters. The predicted octanol–water partition coefficient (Wildman–Crippen LogP) is 3.75. The molecular weight excluding hydrogens is 300 g/mol. The molecule has 0 aliphatic rings. The molecule has 0 aliphatic carbocycles. The predicted molar refractivity (Wildman–Crippen MR) is 96.1 cm³/mol. The SMILES string of the molecule is CC(C)CNc1nc(Nc2ccncc2)nc(-c2ccccc2)n1. The van der Waals surface area contributed by atoms with Gasteiger partial charge in [0.05, 0.1) is 0 Å². The topological polar surface area (TPSA) is 75.6 Å². The third-order valence-electron chi connectivity index (χ3n) is 3.27. The summed E-state index contributed by atoms with van der Waals surface area (Å²) >= 11 is 0. The Bertz CT molecular complexity index is 774. The Kier molecular flexibility index (Phi) is 4.96. The average Bonchev–Trinajstić information content (AvgIpc) is 2.61. The fourth-order valence-electron chi connectivity index (χ4n) is 2.09. The van der Waals surface area contributed by atoms with Crippen molar-refractivity contribution >= 4 is 17.6 Å². The van der Waals surface area contributed by atoms with E-state index in [1.807, 2.05) is 42.5 Å². The highest BCUT2D eigenvalue weighted by Crippen LogP contribution is 2.19. The van der Waals surface area contributed by atoms with Gasteiger partial charge in [0.25, 0.3) is 0 Å². The van der Waals surface area contributed by atoms with E-state index in [0.717, 1.165) is 17.8 Å². The molecule has 2 heterocycles. The highest BCUT2D eigenvalue weighted by molar-refractivity contribution is 5.60. The largest absolute Gasteiger partial charge is 0.354 e. The van der Waals surface area contributed by atoms with Crippen molar-refractivity contribution in [2.45, 2.75) is 13.8 Å². The van der Waals surface area contributed by atoms with Gasteiger partial charge in [-0.1, -0.05) is 44.2 Å². The summed E-state index contributed by atoms with van der Waals surface area (Å²) in [5.74, 6) is 2.20. The summed E-state index contributed by atoms with van der Waals surface area (Å²) in [7, 11) is 0. The van der Waals surface area contributed by atoms with Crippen LogP contribution in [0.2, 0.25) is 0 Å². The number of nitrogens with one attached hydrogen (secondary N) is 2. The molecule has 0 saturated carbocycles. The Hall–Kier alpha value is -3.02. The average molecular weight is 320 g/mol. The third kappa shape index (κ3) is 4.25. The molecule has 24 heavy (non-hydrogen) atoms. The lowest BCUT2D eigenvalue weighted by Gasteiger charge is -2.11. The maximum absolute atomic E-state index is 4.53. The summed E-state index contributed by atoms with van der Waals surface area (Å²) in [5, 5.41) is 6.47. The molecule has 0 unspecified atom stereocenters. The molecule has 0 amide bonds. The first kappa shape index (κ1) is 15.9. The summed E-state index contributed by atoms with van der Waals surface area (Å²) in [6.07, 6.45) is 3.44. The zero-order valence-electron chi connectivity index (χ0n) is 13.8. The van der Waals surface area contributed by atoms with Crippen molar-refractivity contribution in [1.29, 1.82) is 0 Å². The lowest BCUT2D eigenvalue weighted by Crippen LogP contribution is -2.12. The Balaban J connectivity index is 1.93. The molecule has 2 N–H and O–H groups in total. The standard InChI is InChI=1S/C18H20N6/c1-13(2)12-20-17-22-16(14-6-4-3-5-7-14)23-18(24-17)21-15-8-10-19-11-9-15/h3-11,13H,12H2,1-2H3,(H2,19,20,21,22,23,24). The number of rotatable bonds is 6. The van der Waals surface area contributed by atoms with Gasteiger partial charge < -0.3 is 10.6 Å². The van der Waals surface area contributed by atoms with E-state index < -0.39 is 0 Å². The minimum Gasteiger partial charge on any atom is -0.354 e. The molecule has 0 bridgehead atoms. The zero-order chi connectivity index (χ0) is 16.8. The van der Waals surface area contributed by atoms with Gasteiger partial charge in [-0.3, -0.25) is 4.98 Å². The maximum Gasteiger partial charge on any atom is 0.232 e. The first-order valence-electron chi connectivity index (χ1n) is 7.93. The Morgan fingerprint density at radius 1 is 0.875 bits per heavy atom. The lowest BCUT2D eigenvalue weighted by molar-refractivity contribution is 0.684. The van der Waals surface area contributed by atoms with Crippen molar-refractivity contribution in [2.24, 2.45) is 5.92 Å². The Morgan fingerprint density at radius 2 is 1.58 bits per heavy atom. The molecule has 0 fully saturated rings. The maximum atomic E-state index is 4.53. The minimum absolute atomic E-state index is 0.499. The molecule has 122 valence electrons. The number of nitrogens with zero attached hydrogens (tertiary/aromatic N) is 4. The smallest absolute Gasteiger partial charge is 0.232 e. The van der Waals surface area contributed by atoms with Gasteiger partial charge >= 0.3 is 0 Å².